The highest BCUT2D eigenvalue weighted by molar-refractivity contribution is 6.03. The molecule has 0 spiro atoms. The molecule has 0 saturated heterocycles. The zero-order chi connectivity index (χ0) is 25.1. The Morgan fingerprint density at radius 3 is 2.56 bits per heavy atom. The molecule has 0 atom stereocenters. The highest BCUT2D eigenvalue weighted by Gasteiger charge is 2.29. The van der Waals surface area contributed by atoms with Crippen LogP contribution in [0.3, 0.4) is 0 Å². The van der Waals surface area contributed by atoms with E-state index in [0.29, 0.717) is 17.4 Å². The lowest BCUT2D eigenvalue weighted by Gasteiger charge is -2.32. The van der Waals surface area contributed by atoms with Gasteiger partial charge in [-0.25, -0.2) is 9.64 Å². The first-order valence-corrected chi connectivity index (χ1v) is 11.8. The summed E-state index contributed by atoms with van der Waals surface area (Å²) in [5.41, 5.74) is 7.56. The Labute approximate surface area is 209 Å². The number of methoxy groups -OCH3 is 1. The highest BCUT2D eigenvalue weighted by atomic mass is 16.5. The van der Waals surface area contributed by atoms with Crippen LogP contribution >= 0.6 is 0 Å². The normalized spacial score (nSPS) is 14.3. The molecule has 6 nitrogen and oxygen atoms in total. The molecular formula is C30H25N3O3. The molecular weight excluding hydrogens is 450 g/mol. The van der Waals surface area contributed by atoms with E-state index in [1.165, 1.54) is 0 Å². The molecule has 0 aliphatic heterocycles. The van der Waals surface area contributed by atoms with Gasteiger partial charge in [0.2, 0.25) is 0 Å². The first-order valence-electron chi connectivity index (χ1n) is 11.8. The van der Waals surface area contributed by atoms with E-state index in [0.717, 1.165) is 69.6 Å². The maximum Gasteiger partial charge on any atom is 0.328 e. The van der Waals surface area contributed by atoms with Crippen LogP contribution in [-0.4, -0.2) is 28.4 Å². The summed E-state index contributed by atoms with van der Waals surface area (Å²) in [6.07, 6.45) is 7.82. The molecule has 0 bridgehead atoms. The molecule has 1 heterocycles. The molecule has 2 N–H and O–H groups in total. The van der Waals surface area contributed by atoms with Gasteiger partial charge >= 0.3 is 5.97 Å². The van der Waals surface area contributed by atoms with E-state index >= 15 is 0 Å². The molecule has 1 aliphatic rings. The number of aromatic nitrogens is 2. The fraction of sp³-hybridized carbons (Fsp3) is 0.167. The van der Waals surface area contributed by atoms with E-state index in [1.54, 1.807) is 19.3 Å². The van der Waals surface area contributed by atoms with E-state index in [9.17, 15) is 4.79 Å². The number of aliphatic carboxylic acids is 1. The van der Waals surface area contributed by atoms with E-state index in [-0.39, 0.29) is 0 Å². The van der Waals surface area contributed by atoms with Crippen molar-refractivity contribution in [2.75, 3.05) is 7.11 Å². The van der Waals surface area contributed by atoms with Gasteiger partial charge in [-0.15, -0.1) is 0 Å². The molecule has 0 radical (unpaired) electrons. The Hall–Kier alpha value is -4.63. The van der Waals surface area contributed by atoms with Crippen LogP contribution in [0.1, 0.15) is 41.5 Å². The lowest BCUT2D eigenvalue weighted by atomic mass is 9.72. The molecule has 1 fully saturated rings. The molecule has 6 heteroatoms. The Morgan fingerprint density at radius 1 is 1.11 bits per heavy atom. The number of H-pyrrole nitrogens is 1. The number of ether oxygens (including phenoxy) is 1. The number of rotatable bonds is 7. The molecule has 36 heavy (non-hydrogen) atoms. The summed E-state index contributed by atoms with van der Waals surface area (Å²) in [5, 5.41) is 17.2. The van der Waals surface area contributed by atoms with Gasteiger partial charge in [0.15, 0.2) is 5.69 Å². The van der Waals surface area contributed by atoms with Crippen LogP contribution in [0.25, 0.3) is 33.0 Å². The van der Waals surface area contributed by atoms with Crippen molar-refractivity contribution < 1.29 is 14.6 Å². The Kier molecular flexibility index (Phi) is 6.38. The molecule has 0 unspecified atom stereocenters. The molecule has 4 aromatic rings. The number of nitrogens with zero attached hydrogens (tertiary/aromatic N) is 2. The first-order chi connectivity index (χ1) is 17.6. The topological polar surface area (TPSA) is 79.6 Å². The van der Waals surface area contributed by atoms with Gasteiger partial charge < -0.3 is 9.84 Å². The van der Waals surface area contributed by atoms with Crippen LogP contribution < -0.4 is 4.74 Å². The standard InChI is InChI=1S/C30H25N3O3/c1-31-27-17-24(36-2)12-13-25(27)30(20-4-3-5-20)29(22-11-14-26-23(16-22)18-32-33-26)21-9-6-19(7-10-21)8-15-28(34)35/h6-18,20H,3-5H2,2H3,(H,32,33)(H,34,35)/b15-8+,30-29+. The summed E-state index contributed by atoms with van der Waals surface area (Å²) in [5.74, 6) is 0.0145. The Balaban J connectivity index is 1.77. The van der Waals surface area contributed by atoms with Crippen molar-refractivity contribution in [3.63, 3.8) is 0 Å². The van der Waals surface area contributed by atoms with Crippen LogP contribution in [0.15, 0.2) is 72.9 Å². The number of nitrogens with one attached hydrogen (secondary N) is 1. The maximum atomic E-state index is 10.9. The predicted molar refractivity (Wildman–Crippen MR) is 142 cm³/mol. The van der Waals surface area contributed by atoms with Crippen LogP contribution in [0.5, 0.6) is 5.75 Å². The molecule has 0 amide bonds. The van der Waals surface area contributed by atoms with Crippen molar-refractivity contribution in [2.24, 2.45) is 5.92 Å². The minimum absolute atomic E-state index is 0.334. The van der Waals surface area contributed by atoms with Crippen molar-refractivity contribution in [3.8, 4) is 5.75 Å². The number of carboxylic acid groups (broad SMARTS) is 1. The minimum Gasteiger partial charge on any atom is -0.498 e. The average molecular weight is 476 g/mol. The van der Waals surface area contributed by atoms with Gasteiger partial charge in [-0.2, -0.15) is 5.10 Å². The second kappa shape index (κ2) is 9.93. The predicted octanol–water partition coefficient (Wildman–Crippen LogP) is 6.98. The summed E-state index contributed by atoms with van der Waals surface area (Å²) in [6, 6.07) is 19.9. The second-order valence-electron chi connectivity index (χ2n) is 8.88. The maximum absolute atomic E-state index is 10.9. The van der Waals surface area contributed by atoms with E-state index < -0.39 is 5.97 Å². The lowest BCUT2D eigenvalue weighted by Crippen LogP contribution is -2.15. The molecule has 3 aromatic carbocycles. The summed E-state index contributed by atoms with van der Waals surface area (Å²) >= 11 is 0. The smallest absolute Gasteiger partial charge is 0.328 e. The third-order valence-electron chi connectivity index (χ3n) is 6.74. The number of fused-ring (bicyclic) bond motifs is 1. The average Bonchev–Trinajstić information content (AvgIpc) is 3.34. The number of hydrogen-bond acceptors (Lipinski definition) is 3. The van der Waals surface area contributed by atoms with Crippen LogP contribution in [-0.2, 0) is 4.79 Å². The first kappa shape index (κ1) is 23.1. The minimum atomic E-state index is -0.980. The van der Waals surface area contributed by atoms with Crippen LogP contribution in [0.4, 0.5) is 5.69 Å². The van der Waals surface area contributed by atoms with Crippen molar-refractivity contribution in [3.05, 3.63) is 107 Å². The van der Waals surface area contributed by atoms with Crippen LogP contribution in [0, 0.1) is 12.5 Å². The second-order valence-corrected chi connectivity index (χ2v) is 8.88. The zero-order valence-corrected chi connectivity index (χ0v) is 19.9. The summed E-state index contributed by atoms with van der Waals surface area (Å²) < 4.78 is 5.40. The third-order valence-corrected chi connectivity index (χ3v) is 6.74. The van der Waals surface area contributed by atoms with Crippen LogP contribution in [0.2, 0.25) is 0 Å². The molecule has 1 aliphatic carbocycles. The third kappa shape index (κ3) is 4.51. The molecule has 1 aromatic heterocycles. The number of hydrogen-bond donors (Lipinski definition) is 2. The number of allylic oxidation sites excluding steroid dienone is 1. The van der Waals surface area contributed by atoms with E-state index in [2.05, 4.69) is 27.2 Å². The fourth-order valence-corrected chi connectivity index (χ4v) is 4.72. The highest BCUT2D eigenvalue weighted by Crippen LogP contribution is 2.48. The van der Waals surface area contributed by atoms with Crippen molar-refractivity contribution in [1.29, 1.82) is 0 Å². The number of carbonyl (C=O) groups is 1. The summed E-state index contributed by atoms with van der Waals surface area (Å²) in [6.45, 7) is 7.89. The van der Waals surface area contributed by atoms with Crippen molar-refractivity contribution in [2.45, 2.75) is 19.3 Å². The SMILES string of the molecule is [C-]#[N+]c1cc(OC)ccc1/C(=C(\c1ccc(/C=C/C(=O)O)cc1)c1ccc2[nH]ncc2c1)C1CCC1. The van der Waals surface area contributed by atoms with Gasteiger partial charge in [-0.1, -0.05) is 42.8 Å². The summed E-state index contributed by atoms with van der Waals surface area (Å²) in [7, 11) is 1.61. The Morgan fingerprint density at radius 2 is 1.89 bits per heavy atom. The summed E-state index contributed by atoms with van der Waals surface area (Å²) in [4.78, 5) is 14.8. The molecule has 1 saturated carbocycles. The number of aromatic amines is 1. The molecule has 5 rings (SSSR count). The largest absolute Gasteiger partial charge is 0.498 e. The van der Waals surface area contributed by atoms with Crippen molar-refractivity contribution >= 4 is 39.8 Å². The Bertz CT molecular complexity index is 1530. The quantitative estimate of drug-likeness (QED) is 0.172. The lowest BCUT2D eigenvalue weighted by molar-refractivity contribution is -0.131. The number of benzene rings is 3. The number of carboxylic acids is 1. The van der Waals surface area contributed by atoms with Crippen molar-refractivity contribution in [1.82, 2.24) is 10.2 Å². The van der Waals surface area contributed by atoms with Gasteiger partial charge in [0.25, 0.3) is 0 Å². The zero-order valence-electron chi connectivity index (χ0n) is 19.9. The van der Waals surface area contributed by atoms with Gasteiger partial charge in [0.05, 0.1) is 25.4 Å². The van der Waals surface area contributed by atoms with E-state index in [4.69, 9.17) is 16.4 Å². The van der Waals surface area contributed by atoms with Gasteiger partial charge in [-0.05, 0) is 82.5 Å². The van der Waals surface area contributed by atoms with Gasteiger partial charge in [0, 0.05) is 11.5 Å². The van der Waals surface area contributed by atoms with E-state index in [1.807, 2.05) is 48.7 Å². The fourth-order valence-electron chi connectivity index (χ4n) is 4.72. The monoisotopic (exact) mass is 475 g/mol. The molecule has 178 valence electrons. The van der Waals surface area contributed by atoms with Gasteiger partial charge in [0.1, 0.15) is 5.75 Å². The van der Waals surface area contributed by atoms with Gasteiger partial charge in [-0.3, -0.25) is 5.10 Å².